The van der Waals surface area contributed by atoms with Crippen LogP contribution in [0.15, 0.2) is 48.8 Å². The van der Waals surface area contributed by atoms with Crippen LogP contribution in [0.2, 0.25) is 0 Å². The standard InChI is InChI=1S/C19H19F3N6O2/c20-19(21,22)18(14-5-2-1-3-6-14)15(29)28(17(30)25-18)13-26-9-11-27(12-10-26)16-23-7-4-8-24-16/h1-8H,9-13H2,(H,25,30). The first-order valence-corrected chi connectivity index (χ1v) is 9.33. The van der Waals surface area contributed by atoms with Gasteiger partial charge in [-0.1, -0.05) is 30.3 Å². The molecule has 0 saturated carbocycles. The molecule has 158 valence electrons. The van der Waals surface area contributed by atoms with Gasteiger partial charge in [0.1, 0.15) is 0 Å². The highest BCUT2D eigenvalue weighted by Gasteiger charge is 2.68. The molecule has 30 heavy (non-hydrogen) atoms. The van der Waals surface area contributed by atoms with Crippen molar-refractivity contribution in [2.24, 2.45) is 0 Å². The maximum atomic E-state index is 14.0. The normalized spacial score (nSPS) is 23.0. The van der Waals surface area contributed by atoms with Crippen LogP contribution in [0.4, 0.5) is 23.9 Å². The number of anilines is 1. The van der Waals surface area contributed by atoms with Crippen molar-refractivity contribution in [1.29, 1.82) is 0 Å². The number of amides is 3. The fraction of sp³-hybridized carbons (Fsp3) is 0.368. The van der Waals surface area contributed by atoms with Gasteiger partial charge >= 0.3 is 12.2 Å². The molecule has 0 bridgehead atoms. The molecule has 11 heteroatoms. The smallest absolute Gasteiger partial charge is 0.338 e. The molecule has 2 aliphatic heterocycles. The summed E-state index contributed by atoms with van der Waals surface area (Å²) in [5, 5.41) is 1.90. The van der Waals surface area contributed by atoms with E-state index in [1.54, 1.807) is 29.4 Å². The predicted octanol–water partition coefficient (Wildman–Crippen LogP) is 1.57. The minimum absolute atomic E-state index is 0.223. The van der Waals surface area contributed by atoms with Gasteiger partial charge < -0.3 is 10.2 Å². The molecule has 1 N–H and O–H groups in total. The van der Waals surface area contributed by atoms with E-state index in [-0.39, 0.29) is 12.2 Å². The number of nitrogens with zero attached hydrogens (tertiary/aromatic N) is 5. The van der Waals surface area contributed by atoms with Crippen molar-refractivity contribution in [2.45, 2.75) is 11.7 Å². The fourth-order valence-corrected chi connectivity index (χ4v) is 3.69. The number of aromatic nitrogens is 2. The lowest BCUT2D eigenvalue weighted by molar-refractivity contribution is -0.198. The molecule has 3 heterocycles. The van der Waals surface area contributed by atoms with E-state index in [0.29, 0.717) is 37.0 Å². The SMILES string of the molecule is O=C1NC(c2ccccc2)(C(F)(F)F)C(=O)N1CN1CCN(c2ncccn2)CC1. The Morgan fingerprint density at radius 1 is 0.967 bits per heavy atom. The topological polar surface area (TPSA) is 81.7 Å². The summed E-state index contributed by atoms with van der Waals surface area (Å²) < 4.78 is 42.1. The van der Waals surface area contributed by atoms with Crippen molar-refractivity contribution in [3.05, 3.63) is 54.4 Å². The largest absolute Gasteiger partial charge is 0.425 e. The van der Waals surface area contributed by atoms with E-state index in [1.165, 1.54) is 24.3 Å². The van der Waals surface area contributed by atoms with E-state index in [9.17, 15) is 22.8 Å². The zero-order valence-electron chi connectivity index (χ0n) is 15.8. The van der Waals surface area contributed by atoms with Crippen LogP contribution in [0, 0.1) is 0 Å². The third kappa shape index (κ3) is 3.34. The molecule has 4 rings (SSSR count). The number of halogens is 3. The average Bonchev–Trinajstić information content (AvgIpc) is 3.01. The fourth-order valence-electron chi connectivity index (χ4n) is 3.69. The van der Waals surface area contributed by atoms with Crippen LogP contribution in [-0.4, -0.2) is 70.7 Å². The molecule has 0 spiro atoms. The number of carbonyl (C=O) groups is 2. The number of nitrogens with one attached hydrogen (secondary N) is 1. The van der Waals surface area contributed by atoms with Gasteiger partial charge in [-0.3, -0.25) is 9.69 Å². The summed E-state index contributed by atoms with van der Waals surface area (Å²) in [6, 6.07) is 7.36. The van der Waals surface area contributed by atoms with Gasteiger partial charge in [-0.05, 0) is 11.6 Å². The third-order valence-corrected chi connectivity index (χ3v) is 5.29. The second-order valence-electron chi connectivity index (χ2n) is 7.07. The molecule has 8 nitrogen and oxygen atoms in total. The third-order valence-electron chi connectivity index (χ3n) is 5.29. The van der Waals surface area contributed by atoms with Crippen molar-refractivity contribution in [3.8, 4) is 0 Å². The number of imide groups is 1. The number of alkyl halides is 3. The number of carbonyl (C=O) groups excluding carboxylic acids is 2. The van der Waals surface area contributed by atoms with Crippen molar-refractivity contribution in [1.82, 2.24) is 25.1 Å². The second-order valence-corrected chi connectivity index (χ2v) is 7.07. The Morgan fingerprint density at radius 2 is 1.60 bits per heavy atom. The van der Waals surface area contributed by atoms with Crippen LogP contribution in [0.1, 0.15) is 5.56 Å². The molecular formula is C19H19F3N6O2. The first kappa shape index (κ1) is 20.1. The maximum Gasteiger partial charge on any atom is 0.425 e. The van der Waals surface area contributed by atoms with E-state index in [2.05, 4.69) is 9.97 Å². The highest BCUT2D eigenvalue weighted by atomic mass is 19.4. The molecule has 2 fully saturated rings. The van der Waals surface area contributed by atoms with Gasteiger partial charge in [-0.25, -0.2) is 19.7 Å². The highest BCUT2D eigenvalue weighted by Crippen LogP contribution is 2.43. The molecule has 1 unspecified atom stereocenters. The lowest BCUT2D eigenvalue weighted by Crippen LogP contribution is -2.56. The lowest BCUT2D eigenvalue weighted by Gasteiger charge is -2.36. The van der Waals surface area contributed by atoms with E-state index < -0.39 is 23.7 Å². The molecule has 0 aliphatic carbocycles. The molecule has 1 atom stereocenters. The molecule has 0 radical (unpaired) electrons. The maximum absolute atomic E-state index is 14.0. The van der Waals surface area contributed by atoms with Gasteiger partial charge in [0.05, 0.1) is 6.67 Å². The zero-order valence-corrected chi connectivity index (χ0v) is 15.8. The van der Waals surface area contributed by atoms with Crippen molar-refractivity contribution >= 4 is 17.9 Å². The van der Waals surface area contributed by atoms with Gasteiger partial charge in [0.15, 0.2) is 0 Å². The zero-order chi connectivity index (χ0) is 21.4. The Kier molecular flexibility index (Phi) is 5.06. The Morgan fingerprint density at radius 3 is 2.20 bits per heavy atom. The van der Waals surface area contributed by atoms with E-state index in [0.717, 1.165) is 0 Å². The number of rotatable bonds is 4. The predicted molar refractivity (Wildman–Crippen MR) is 100 cm³/mol. The van der Waals surface area contributed by atoms with E-state index in [1.807, 2.05) is 10.2 Å². The molecule has 1 aromatic carbocycles. The summed E-state index contributed by atoms with van der Waals surface area (Å²) in [4.78, 5) is 38.0. The second kappa shape index (κ2) is 7.56. The number of benzene rings is 1. The number of hydrogen-bond donors (Lipinski definition) is 1. The van der Waals surface area contributed by atoms with Crippen LogP contribution < -0.4 is 10.2 Å². The molecule has 2 saturated heterocycles. The summed E-state index contributed by atoms with van der Waals surface area (Å²) in [7, 11) is 0. The highest BCUT2D eigenvalue weighted by molar-refractivity contribution is 6.08. The summed E-state index contributed by atoms with van der Waals surface area (Å²) in [6.45, 7) is 1.71. The Labute approximate surface area is 170 Å². The molecule has 3 amide bonds. The van der Waals surface area contributed by atoms with Crippen LogP contribution in [0.3, 0.4) is 0 Å². The van der Waals surface area contributed by atoms with Gasteiger partial charge in [-0.15, -0.1) is 0 Å². The summed E-state index contributed by atoms with van der Waals surface area (Å²) in [6.07, 6.45) is -1.73. The van der Waals surface area contributed by atoms with Crippen LogP contribution in [0.5, 0.6) is 0 Å². The minimum atomic E-state index is -4.99. The van der Waals surface area contributed by atoms with Crippen LogP contribution in [-0.2, 0) is 10.3 Å². The van der Waals surface area contributed by atoms with Crippen molar-refractivity contribution < 1.29 is 22.8 Å². The molecule has 1 aromatic heterocycles. The Bertz CT molecular complexity index is 919. The first-order chi connectivity index (χ1) is 14.3. The minimum Gasteiger partial charge on any atom is -0.338 e. The number of urea groups is 1. The number of hydrogen-bond acceptors (Lipinski definition) is 6. The molecule has 2 aliphatic rings. The number of piperazine rings is 1. The monoisotopic (exact) mass is 420 g/mol. The first-order valence-electron chi connectivity index (χ1n) is 9.33. The summed E-state index contributed by atoms with van der Waals surface area (Å²) >= 11 is 0. The summed E-state index contributed by atoms with van der Waals surface area (Å²) in [5.74, 6) is -0.757. The molecular weight excluding hydrogens is 401 g/mol. The Hall–Kier alpha value is -3.21. The Balaban J connectivity index is 1.50. The van der Waals surface area contributed by atoms with Gasteiger partial charge in [0.25, 0.3) is 5.91 Å². The van der Waals surface area contributed by atoms with Crippen molar-refractivity contribution in [2.75, 3.05) is 37.7 Å². The van der Waals surface area contributed by atoms with Crippen LogP contribution >= 0.6 is 0 Å². The van der Waals surface area contributed by atoms with Gasteiger partial charge in [0.2, 0.25) is 11.5 Å². The molecule has 2 aromatic rings. The summed E-state index contributed by atoms with van der Waals surface area (Å²) in [5.41, 5.74) is -3.39. The van der Waals surface area contributed by atoms with Crippen molar-refractivity contribution in [3.63, 3.8) is 0 Å². The van der Waals surface area contributed by atoms with Crippen LogP contribution in [0.25, 0.3) is 0 Å². The van der Waals surface area contributed by atoms with Gasteiger partial charge in [0, 0.05) is 38.6 Å². The average molecular weight is 420 g/mol. The quantitative estimate of drug-likeness (QED) is 0.757. The lowest BCUT2D eigenvalue weighted by atomic mass is 9.89. The van der Waals surface area contributed by atoms with Gasteiger partial charge in [-0.2, -0.15) is 13.2 Å². The van der Waals surface area contributed by atoms with E-state index in [4.69, 9.17) is 0 Å². The van der Waals surface area contributed by atoms with E-state index >= 15 is 0 Å².